The fourth-order valence-corrected chi connectivity index (χ4v) is 3.02. The Labute approximate surface area is 109 Å². The van der Waals surface area contributed by atoms with Crippen molar-refractivity contribution in [1.29, 1.82) is 10.5 Å². The van der Waals surface area contributed by atoms with E-state index in [0.29, 0.717) is 16.7 Å². The maximum Gasteiger partial charge on any atom is 0.195 e. The predicted molar refractivity (Wildman–Crippen MR) is 69.9 cm³/mol. The second-order valence-electron chi connectivity index (χ2n) is 4.26. The highest BCUT2D eigenvalue weighted by Gasteiger charge is 2.35. The number of Topliss-reactive ketones (excluding diaryl/α,β-unsaturated/α-hetero) is 1. The molecule has 0 radical (unpaired) electrons. The van der Waals surface area contributed by atoms with Crippen molar-refractivity contribution in [3.05, 3.63) is 38.1 Å². The number of rotatable bonds is 0. The number of carbonyl (C=O) groups excluding carboxylic acids is 1. The van der Waals surface area contributed by atoms with Crippen LogP contribution in [0.4, 0.5) is 0 Å². The molecule has 18 heavy (non-hydrogen) atoms. The highest BCUT2D eigenvalue weighted by Crippen LogP contribution is 2.44. The van der Waals surface area contributed by atoms with Gasteiger partial charge in [-0.05, 0) is 20.8 Å². The van der Waals surface area contributed by atoms with Crippen LogP contribution in [0.15, 0.2) is 22.1 Å². The Hall–Kier alpha value is -2.17. The molecule has 1 aromatic heterocycles. The molecule has 0 amide bonds. The third-order valence-corrected chi connectivity index (χ3v) is 3.83. The molecule has 0 saturated carbocycles. The molecule has 1 aliphatic carbocycles. The van der Waals surface area contributed by atoms with E-state index in [1.165, 1.54) is 11.3 Å². The highest BCUT2D eigenvalue weighted by molar-refractivity contribution is 7.10. The Bertz CT molecular complexity index is 685. The van der Waals surface area contributed by atoms with Crippen molar-refractivity contribution in [3.8, 4) is 12.1 Å². The van der Waals surface area contributed by atoms with E-state index in [2.05, 4.69) is 0 Å². The number of ketones is 1. The van der Waals surface area contributed by atoms with Crippen LogP contribution in [0.25, 0.3) is 5.57 Å². The predicted octanol–water partition coefficient (Wildman–Crippen LogP) is 3.39. The molecule has 0 saturated heterocycles. The minimum atomic E-state index is -0.0765. The van der Waals surface area contributed by atoms with Gasteiger partial charge in [-0.3, -0.25) is 4.79 Å². The number of hydrogen-bond donors (Lipinski definition) is 0. The zero-order valence-corrected chi connectivity index (χ0v) is 11.1. The van der Waals surface area contributed by atoms with Crippen LogP contribution < -0.4 is 0 Å². The molecule has 0 N–H and O–H groups in total. The van der Waals surface area contributed by atoms with Crippen LogP contribution in [0.2, 0.25) is 0 Å². The summed E-state index contributed by atoms with van der Waals surface area (Å²) in [6.07, 6.45) is 0. The van der Waals surface area contributed by atoms with E-state index >= 15 is 0 Å². The van der Waals surface area contributed by atoms with Gasteiger partial charge in [-0.2, -0.15) is 10.5 Å². The third kappa shape index (κ3) is 1.51. The van der Waals surface area contributed by atoms with Gasteiger partial charge in [-0.1, -0.05) is 5.57 Å². The minimum Gasteiger partial charge on any atom is -0.289 e. The van der Waals surface area contributed by atoms with Crippen molar-refractivity contribution in [3.63, 3.8) is 0 Å². The van der Waals surface area contributed by atoms with Gasteiger partial charge in [-0.25, -0.2) is 0 Å². The van der Waals surface area contributed by atoms with Crippen molar-refractivity contribution >= 4 is 22.7 Å². The average molecular weight is 254 g/mol. The van der Waals surface area contributed by atoms with Gasteiger partial charge in [0.2, 0.25) is 0 Å². The summed E-state index contributed by atoms with van der Waals surface area (Å²) in [6.45, 7) is 5.55. The lowest BCUT2D eigenvalue weighted by molar-refractivity contribution is 0.104. The summed E-state index contributed by atoms with van der Waals surface area (Å²) in [7, 11) is 0. The standard InChI is InChI=1S/C14H10N2OS/c1-7(2)11-13(9(4-15)5-16)12-8(3)18-6-10(12)14(11)17/h6H,1-3H3. The first-order chi connectivity index (χ1) is 8.52. The van der Waals surface area contributed by atoms with Crippen molar-refractivity contribution in [2.45, 2.75) is 20.8 Å². The maximum absolute atomic E-state index is 12.3. The van der Waals surface area contributed by atoms with Crippen LogP contribution >= 0.6 is 11.3 Å². The average Bonchev–Trinajstić information content (AvgIpc) is 2.82. The van der Waals surface area contributed by atoms with Gasteiger partial charge in [0.25, 0.3) is 0 Å². The molecule has 0 fully saturated rings. The Kier molecular flexibility index (Phi) is 2.90. The molecule has 0 bridgehead atoms. The fraction of sp³-hybridized carbons (Fsp3) is 0.214. The molecule has 0 unspecified atom stereocenters. The lowest BCUT2D eigenvalue weighted by Crippen LogP contribution is -1.98. The summed E-state index contributed by atoms with van der Waals surface area (Å²) in [5.41, 5.74) is 3.25. The zero-order chi connectivity index (χ0) is 13.4. The number of allylic oxidation sites excluding steroid dienone is 4. The molecule has 0 atom stereocenters. The molecule has 4 heteroatoms. The second-order valence-corrected chi connectivity index (χ2v) is 5.34. The van der Waals surface area contributed by atoms with Crippen LogP contribution in [-0.2, 0) is 0 Å². The number of fused-ring (bicyclic) bond motifs is 1. The zero-order valence-electron chi connectivity index (χ0n) is 10.3. The number of nitriles is 2. The van der Waals surface area contributed by atoms with Gasteiger partial charge in [-0.15, -0.1) is 11.3 Å². The molecule has 0 aromatic carbocycles. The van der Waals surface area contributed by atoms with Crippen LogP contribution in [0, 0.1) is 29.6 Å². The summed E-state index contributed by atoms with van der Waals surface area (Å²) in [6, 6.07) is 3.79. The van der Waals surface area contributed by atoms with E-state index in [0.717, 1.165) is 16.0 Å². The van der Waals surface area contributed by atoms with Gasteiger partial charge in [0, 0.05) is 32.5 Å². The molecular weight excluding hydrogens is 244 g/mol. The quantitative estimate of drug-likeness (QED) is 0.526. The van der Waals surface area contributed by atoms with E-state index in [4.69, 9.17) is 10.5 Å². The first kappa shape index (κ1) is 12.3. The molecule has 1 heterocycles. The first-order valence-electron chi connectivity index (χ1n) is 5.38. The number of hydrogen-bond acceptors (Lipinski definition) is 4. The van der Waals surface area contributed by atoms with E-state index in [1.54, 1.807) is 5.38 Å². The van der Waals surface area contributed by atoms with Gasteiger partial charge < -0.3 is 0 Å². The summed E-state index contributed by atoms with van der Waals surface area (Å²) >= 11 is 1.47. The van der Waals surface area contributed by atoms with E-state index < -0.39 is 0 Å². The van der Waals surface area contributed by atoms with Gasteiger partial charge in [0.1, 0.15) is 17.7 Å². The molecule has 0 aliphatic heterocycles. The Morgan fingerprint density at radius 1 is 1.22 bits per heavy atom. The Morgan fingerprint density at radius 3 is 2.33 bits per heavy atom. The lowest BCUT2D eigenvalue weighted by atomic mass is 9.97. The normalized spacial score (nSPS) is 13.1. The van der Waals surface area contributed by atoms with Crippen molar-refractivity contribution in [2.75, 3.05) is 0 Å². The number of carbonyl (C=O) groups is 1. The summed E-state index contributed by atoms with van der Waals surface area (Å²) in [4.78, 5) is 13.3. The van der Waals surface area contributed by atoms with Crippen molar-refractivity contribution < 1.29 is 4.79 Å². The van der Waals surface area contributed by atoms with E-state index in [-0.39, 0.29) is 11.4 Å². The number of nitrogens with zero attached hydrogens (tertiary/aromatic N) is 2. The molecule has 1 aromatic rings. The molecule has 1 aliphatic rings. The van der Waals surface area contributed by atoms with E-state index in [1.807, 2.05) is 32.9 Å². The Morgan fingerprint density at radius 2 is 1.83 bits per heavy atom. The topological polar surface area (TPSA) is 64.7 Å². The minimum absolute atomic E-state index is 0.0137. The van der Waals surface area contributed by atoms with Crippen molar-refractivity contribution in [1.82, 2.24) is 0 Å². The van der Waals surface area contributed by atoms with Crippen LogP contribution in [0.1, 0.15) is 34.6 Å². The third-order valence-electron chi connectivity index (χ3n) is 2.92. The second kappa shape index (κ2) is 4.25. The van der Waals surface area contributed by atoms with E-state index in [9.17, 15) is 4.79 Å². The Balaban J connectivity index is 2.94. The van der Waals surface area contributed by atoms with Gasteiger partial charge in [0.15, 0.2) is 5.78 Å². The smallest absolute Gasteiger partial charge is 0.195 e. The van der Waals surface area contributed by atoms with Gasteiger partial charge >= 0.3 is 0 Å². The highest BCUT2D eigenvalue weighted by atomic mass is 32.1. The monoisotopic (exact) mass is 254 g/mol. The van der Waals surface area contributed by atoms with Gasteiger partial charge in [0.05, 0.1) is 0 Å². The lowest BCUT2D eigenvalue weighted by Gasteiger charge is -2.04. The fourth-order valence-electron chi connectivity index (χ4n) is 2.17. The largest absolute Gasteiger partial charge is 0.289 e. The number of aryl methyl sites for hydroxylation is 1. The van der Waals surface area contributed by atoms with Crippen LogP contribution in [0.3, 0.4) is 0 Å². The van der Waals surface area contributed by atoms with Crippen LogP contribution in [0.5, 0.6) is 0 Å². The molecular formula is C14H10N2OS. The molecule has 3 nitrogen and oxygen atoms in total. The molecule has 0 spiro atoms. The summed E-state index contributed by atoms with van der Waals surface area (Å²) in [5.74, 6) is -0.0765. The molecule has 88 valence electrons. The summed E-state index contributed by atoms with van der Waals surface area (Å²) in [5, 5.41) is 19.9. The van der Waals surface area contributed by atoms with Crippen LogP contribution in [-0.4, -0.2) is 5.78 Å². The summed E-state index contributed by atoms with van der Waals surface area (Å²) < 4.78 is 0. The maximum atomic E-state index is 12.3. The first-order valence-corrected chi connectivity index (χ1v) is 6.26. The number of thiophene rings is 1. The molecule has 2 rings (SSSR count). The van der Waals surface area contributed by atoms with Crippen molar-refractivity contribution in [2.24, 2.45) is 0 Å². The SMILES string of the molecule is CC(C)=C1C(=O)c2csc(C)c2C1=C(C#N)C#N.